The first-order chi connectivity index (χ1) is 10.8. The van der Waals surface area contributed by atoms with Gasteiger partial charge in [-0.2, -0.15) is 8.42 Å². The number of carbonyl (C=O) groups is 4. The minimum atomic E-state index is -4.67. The molecule has 0 aliphatic rings. The van der Waals surface area contributed by atoms with Gasteiger partial charge >= 0.3 is 69.5 Å². The SMILES string of the molecule is CC(=O)O.CC(=O)O.CC(=O)O.CC(=O)O.NCCN.O=S(=O)(O)O.[Fe].[NaH].[NaH]. The van der Waals surface area contributed by atoms with E-state index in [1.807, 2.05) is 0 Å². The summed E-state index contributed by atoms with van der Waals surface area (Å²) in [6, 6.07) is 0. The molecule has 0 aliphatic heterocycles. The van der Waals surface area contributed by atoms with Gasteiger partial charge in [0.05, 0.1) is 0 Å². The Morgan fingerprint density at radius 2 is 0.679 bits per heavy atom. The molecule has 0 aromatic carbocycles. The van der Waals surface area contributed by atoms with Gasteiger partial charge in [-0.15, -0.1) is 0 Å². The molecule has 0 aromatic heterocycles. The van der Waals surface area contributed by atoms with Crippen LogP contribution in [0.15, 0.2) is 0 Å². The van der Waals surface area contributed by atoms with Crippen molar-refractivity contribution >= 4 is 93.4 Å². The van der Waals surface area contributed by atoms with Crippen molar-refractivity contribution in [2.45, 2.75) is 27.7 Å². The summed E-state index contributed by atoms with van der Waals surface area (Å²) in [4.78, 5) is 36.0. The third-order valence-corrected chi connectivity index (χ3v) is 0.167. The van der Waals surface area contributed by atoms with Crippen molar-refractivity contribution in [2.75, 3.05) is 13.1 Å². The summed E-state index contributed by atoms with van der Waals surface area (Å²) >= 11 is 0. The van der Waals surface area contributed by atoms with Crippen LogP contribution < -0.4 is 11.5 Å². The van der Waals surface area contributed by atoms with Gasteiger partial charge in [-0.25, -0.2) is 0 Å². The third kappa shape index (κ3) is 11700. The molecule has 0 heterocycles. The molecule has 0 spiro atoms. The van der Waals surface area contributed by atoms with Gasteiger partial charge in [0.1, 0.15) is 0 Å². The van der Waals surface area contributed by atoms with Crippen molar-refractivity contribution in [3.63, 3.8) is 0 Å². The summed E-state index contributed by atoms with van der Waals surface area (Å²) in [5.41, 5.74) is 9.81. The van der Waals surface area contributed by atoms with Gasteiger partial charge < -0.3 is 31.9 Å². The fourth-order valence-corrected chi connectivity index (χ4v) is 0. The van der Waals surface area contributed by atoms with Crippen LogP contribution in [0.3, 0.4) is 0 Å². The van der Waals surface area contributed by atoms with Crippen LogP contribution in [0.5, 0.6) is 0 Å². The van der Waals surface area contributed by atoms with Crippen molar-refractivity contribution in [3.8, 4) is 0 Å². The quantitative estimate of drug-likeness (QED) is 0.134. The first kappa shape index (κ1) is 56.6. The average molecular weight is 502 g/mol. The number of nitrogens with two attached hydrogens (primary N) is 2. The van der Waals surface area contributed by atoms with Crippen LogP contribution in [-0.4, -0.2) is 134 Å². The number of hydrogen-bond acceptors (Lipinski definition) is 8. The second kappa shape index (κ2) is 45.8. The van der Waals surface area contributed by atoms with Gasteiger partial charge in [-0.05, 0) is 0 Å². The predicted octanol–water partition coefficient (Wildman–Crippen LogP) is -2.68. The Morgan fingerprint density at radius 3 is 0.679 bits per heavy atom. The second-order valence-electron chi connectivity index (χ2n) is 3.10. The van der Waals surface area contributed by atoms with Gasteiger partial charge in [0, 0.05) is 57.9 Å². The summed E-state index contributed by atoms with van der Waals surface area (Å²) in [5, 5.41) is 29.7. The van der Waals surface area contributed by atoms with E-state index in [1.54, 1.807) is 0 Å². The van der Waals surface area contributed by atoms with Crippen LogP contribution in [0, 0.1) is 0 Å². The Balaban J connectivity index is -0.0000000217. The van der Waals surface area contributed by atoms with Crippen molar-refractivity contribution in [2.24, 2.45) is 11.5 Å². The number of rotatable bonds is 1. The Labute approximate surface area is 218 Å². The van der Waals surface area contributed by atoms with Crippen LogP contribution in [0.2, 0.25) is 0 Å². The summed E-state index contributed by atoms with van der Waals surface area (Å²) in [6.45, 7) is 5.53. The molecule has 0 amide bonds. The third-order valence-electron chi connectivity index (χ3n) is 0.167. The zero-order valence-corrected chi connectivity index (χ0v) is 16.4. The number of hydrogen-bond donors (Lipinski definition) is 8. The Bertz CT molecular complexity index is 378. The standard InChI is InChI=1S/C2H8N2.4C2H4O2.Fe.2Na.H2O4S.2H/c3-1-2-4;4*1-2(3)4;;;;1-5(2,3)4;;/h1-4H2;4*1H3,(H,3,4);;;;(H2,1,2,3,4);;. The maximum absolute atomic E-state index is 9.00. The molecule has 0 saturated heterocycles. The van der Waals surface area contributed by atoms with Crippen molar-refractivity contribution in [3.05, 3.63) is 0 Å². The van der Waals surface area contributed by atoms with Gasteiger partial charge in [0.25, 0.3) is 23.9 Å². The molecule has 0 radical (unpaired) electrons. The molecule has 0 atom stereocenters. The molecule has 14 nitrogen and oxygen atoms in total. The van der Waals surface area contributed by atoms with E-state index < -0.39 is 34.3 Å². The Morgan fingerprint density at radius 1 is 0.643 bits per heavy atom. The van der Waals surface area contributed by atoms with Gasteiger partial charge in [0.2, 0.25) is 0 Å². The molecular weight excluding hydrogens is 474 g/mol. The molecule has 0 unspecified atom stereocenters. The van der Waals surface area contributed by atoms with Crippen molar-refractivity contribution in [1.82, 2.24) is 0 Å². The summed E-state index contributed by atoms with van der Waals surface area (Å²) in [5.74, 6) is -3.33. The van der Waals surface area contributed by atoms with Crippen LogP contribution >= 0.6 is 0 Å². The molecule has 166 valence electrons. The van der Waals surface area contributed by atoms with Crippen molar-refractivity contribution < 1.29 is 74.2 Å². The molecule has 28 heavy (non-hydrogen) atoms. The fourth-order valence-electron chi connectivity index (χ4n) is 0. The molecule has 0 saturated carbocycles. The summed E-state index contributed by atoms with van der Waals surface area (Å²) in [7, 11) is -4.67. The van der Waals surface area contributed by atoms with E-state index in [9.17, 15) is 0 Å². The number of carboxylic acid groups (broad SMARTS) is 4. The fraction of sp³-hybridized carbons (Fsp3) is 0.600. The van der Waals surface area contributed by atoms with Gasteiger partial charge in [0.15, 0.2) is 0 Å². The van der Waals surface area contributed by atoms with E-state index in [0.29, 0.717) is 13.1 Å². The molecule has 0 fully saturated rings. The van der Waals surface area contributed by atoms with E-state index in [-0.39, 0.29) is 76.2 Å². The maximum atomic E-state index is 9.00. The average Bonchev–Trinajstić information content (AvgIpc) is 2.22. The van der Waals surface area contributed by atoms with Crippen LogP contribution in [-0.2, 0) is 46.6 Å². The Kier molecular flexibility index (Phi) is 92.5. The topological polar surface area (TPSA) is 276 Å². The van der Waals surface area contributed by atoms with E-state index >= 15 is 0 Å². The zero-order chi connectivity index (χ0) is 22.2. The van der Waals surface area contributed by atoms with E-state index in [0.717, 1.165) is 27.7 Å². The van der Waals surface area contributed by atoms with Gasteiger partial charge in [-0.1, -0.05) is 0 Å². The van der Waals surface area contributed by atoms with Crippen LogP contribution in [0.1, 0.15) is 27.7 Å². The van der Waals surface area contributed by atoms with E-state index in [4.69, 9.17) is 68.6 Å². The monoisotopic (exact) mass is 502 g/mol. The zero-order valence-electron chi connectivity index (χ0n) is 14.5. The molecule has 10 N–H and O–H groups in total. The molecule has 0 aliphatic carbocycles. The molecule has 0 aromatic rings. The number of aliphatic carboxylic acids is 4. The van der Waals surface area contributed by atoms with Crippen molar-refractivity contribution in [1.29, 1.82) is 0 Å². The molecule has 0 bridgehead atoms. The van der Waals surface area contributed by atoms with E-state index in [2.05, 4.69) is 0 Å². The molecule has 18 heteroatoms. The summed E-state index contributed by atoms with van der Waals surface area (Å²) in [6.07, 6.45) is 0. The Hall–Kier alpha value is 0.189. The molecular formula is C10H28FeN2Na2O12S. The number of carboxylic acids is 4. The first-order valence-corrected chi connectivity index (χ1v) is 7.12. The van der Waals surface area contributed by atoms with Crippen LogP contribution in [0.4, 0.5) is 0 Å². The van der Waals surface area contributed by atoms with Gasteiger partial charge in [-0.3, -0.25) is 28.3 Å². The predicted molar refractivity (Wildman–Crippen MR) is 99.8 cm³/mol. The van der Waals surface area contributed by atoms with E-state index in [1.165, 1.54) is 0 Å². The second-order valence-corrected chi connectivity index (χ2v) is 4.00. The normalized spacial score (nSPS) is 6.71. The first-order valence-electron chi connectivity index (χ1n) is 5.73. The minimum absolute atomic E-state index is 0. The molecule has 0 rings (SSSR count). The van der Waals surface area contributed by atoms with Crippen LogP contribution in [0.25, 0.3) is 0 Å². The summed E-state index contributed by atoms with van der Waals surface area (Å²) < 4.78 is 31.6.